The number of halogens is 3. The molecule has 1 amide bonds. The van der Waals surface area contributed by atoms with Crippen LogP contribution in [0.5, 0.6) is 11.8 Å². The average molecular weight is 983 g/mol. The summed E-state index contributed by atoms with van der Waals surface area (Å²) >= 11 is 0. The average Bonchev–Trinajstić information content (AvgIpc) is 3.98. The third-order valence-corrected chi connectivity index (χ3v) is 14.9. The van der Waals surface area contributed by atoms with Gasteiger partial charge in [-0.15, -0.1) is 6.42 Å². The molecule has 6 heterocycles. The van der Waals surface area contributed by atoms with Crippen LogP contribution in [0.3, 0.4) is 0 Å². The first kappa shape index (κ1) is 51.7. The molecule has 0 radical (unpaired) electrons. The smallest absolute Gasteiger partial charge is 0.413 e. The molecule has 0 spiro atoms. The minimum atomic E-state index is -0.999. The second-order valence-corrected chi connectivity index (χ2v) is 20.0. The number of hydrogen-bond acceptors (Lipinski definition) is 12. The summed E-state index contributed by atoms with van der Waals surface area (Å²) in [5.41, 5.74) is -0.897. The summed E-state index contributed by atoms with van der Waals surface area (Å²) < 4.78 is 70.9. The predicted octanol–water partition coefficient (Wildman–Crippen LogP) is 11.5. The van der Waals surface area contributed by atoms with E-state index in [1.807, 2.05) is 4.90 Å². The van der Waals surface area contributed by atoms with Gasteiger partial charge < -0.3 is 23.8 Å². The van der Waals surface area contributed by atoms with Crippen molar-refractivity contribution in [3.8, 4) is 35.4 Å². The second-order valence-electron chi connectivity index (χ2n) is 20.0. The topological polar surface area (TPSA) is 137 Å². The normalized spacial score (nSPS) is 20.6. The molecule has 4 aliphatic rings. The fraction of sp³-hybridized carbons (Fsp3) is 0.600. The first-order valence-electron chi connectivity index (χ1n) is 26.2. The fourth-order valence-electron chi connectivity index (χ4n) is 11.3. The maximum Gasteiger partial charge on any atom is 0.413 e. The molecule has 4 saturated heterocycles. The molecular formula is C55H69F3N6O7. The van der Waals surface area contributed by atoms with Crippen molar-refractivity contribution in [3.63, 3.8) is 0 Å². The van der Waals surface area contributed by atoms with Gasteiger partial charge in [0.05, 0.1) is 28.6 Å². The number of unbranched alkanes of at least 4 members (excludes halogenated alkanes) is 12. The number of fused-ring (bicyclic) bond motifs is 5. The Morgan fingerprint density at radius 2 is 1.52 bits per heavy atom. The third kappa shape index (κ3) is 12.2. The van der Waals surface area contributed by atoms with Gasteiger partial charge >= 0.3 is 24.0 Å². The molecule has 4 atom stereocenters. The van der Waals surface area contributed by atoms with Gasteiger partial charge in [-0.25, -0.2) is 18.0 Å². The van der Waals surface area contributed by atoms with Crippen LogP contribution in [0.2, 0.25) is 0 Å². The maximum atomic E-state index is 17.7. The summed E-state index contributed by atoms with van der Waals surface area (Å²) in [7, 11) is 0. The highest BCUT2D eigenvalue weighted by molar-refractivity contribution is 6.03. The summed E-state index contributed by atoms with van der Waals surface area (Å²) in [6, 6.07) is 5.03. The van der Waals surface area contributed by atoms with E-state index < -0.39 is 48.2 Å². The largest absolute Gasteiger partial charge is 0.461 e. The van der Waals surface area contributed by atoms with E-state index in [2.05, 4.69) is 34.6 Å². The Hall–Kier alpha value is -5.69. The number of nitrogens with zero attached hydrogens (tertiary/aromatic N) is 6. The van der Waals surface area contributed by atoms with Crippen LogP contribution >= 0.6 is 0 Å². The van der Waals surface area contributed by atoms with E-state index in [0.29, 0.717) is 56.5 Å². The Balaban J connectivity index is 1.05. The molecule has 0 N–H and O–H groups in total. The molecule has 0 aliphatic carbocycles. The molecule has 0 saturated carbocycles. The number of piperazine rings is 1. The predicted molar refractivity (Wildman–Crippen MR) is 266 cm³/mol. The molecule has 8 rings (SSSR count). The molecule has 16 heteroatoms. The number of pyridine rings is 1. The number of carbonyl (C=O) groups is 3. The number of terminal acetylenes is 1. The van der Waals surface area contributed by atoms with Crippen molar-refractivity contribution < 1.29 is 46.5 Å². The van der Waals surface area contributed by atoms with Crippen LogP contribution in [0.15, 0.2) is 30.5 Å². The Bertz CT molecular complexity index is 2560. The van der Waals surface area contributed by atoms with Crippen LogP contribution < -0.4 is 14.4 Å². The van der Waals surface area contributed by atoms with Gasteiger partial charge in [-0.2, -0.15) is 9.97 Å². The minimum absolute atomic E-state index is 0.0914. The van der Waals surface area contributed by atoms with Gasteiger partial charge in [0.15, 0.2) is 5.82 Å². The lowest BCUT2D eigenvalue weighted by atomic mass is 9.95. The number of aromatic nitrogens is 3. The summed E-state index contributed by atoms with van der Waals surface area (Å²) in [5.74, 6) is 0.471. The third-order valence-electron chi connectivity index (χ3n) is 14.9. The standard InChI is InChI=1S/C55H69F3N6O7/c1-4-7-9-11-13-15-17-20-46(65)69-36-70-54(67)64-39-23-24-40(64)34-62(33-39)52-44-31-59-50(49(58)51(44)60-53(61-52)68-35-55-26-19-27-63(55)32-38(56)30-55)43-29-41(28-37-22-25-45(57)42(6-3)48(37)43)71-47(66)21-18-16-14-12-10-8-5-2/h3,22,25,28-29,31,38-40H,4-5,7-21,23-24,26-27,30,32-36H2,1-2H3/t38-,39-,40-,55-/m0/s1. The Labute approximate surface area is 415 Å². The zero-order chi connectivity index (χ0) is 49.9. The quantitative estimate of drug-likeness (QED) is 0.0217. The van der Waals surface area contributed by atoms with E-state index in [4.69, 9.17) is 30.4 Å². The van der Waals surface area contributed by atoms with Crippen LogP contribution in [-0.4, -0.2) is 106 Å². The van der Waals surface area contributed by atoms with E-state index in [0.717, 1.165) is 70.8 Å². The number of hydrogen-bond donors (Lipinski definition) is 0. The van der Waals surface area contributed by atoms with E-state index in [1.165, 1.54) is 56.5 Å². The number of rotatable bonds is 24. The number of amides is 1. The van der Waals surface area contributed by atoms with Crippen molar-refractivity contribution in [2.24, 2.45) is 0 Å². The first-order valence-corrected chi connectivity index (χ1v) is 26.2. The molecule has 71 heavy (non-hydrogen) atoms. The SMILES string of the molecule is C#Cc1c(F)ccc2cc(OC(=O)CCCCCCCCC)cc(-c3ncc4c(N5C[C@@H]6CC[C@@H](C5)N6C(=O)OCOC(=O)CCCCCCCCC)nc(OC[C@@]56CCCN5C[C@@H](F)C6)nc4c3F)c12. The van der Waals surface area contributed by atoms with Gasteiger partial charge in [0.25, 0.3) is 0 Å². The van der Waals surface area contributed by atoms with Crippen LogP contribution in [0.25, 0.3) is 32.9 Å². The lowest BCUT2D eigenvalue weighted by molar-refractivity contribution is -0.152. The van der Waals surface area contributed by atoms with E-state index in [-0.39, 0.29) is 76.4 Å². The number of benzene rings is 2. The monoisotopic (exact) mass is 983 g/mol. The van der Waals surface area contributed by atoms with Gasteiger partial charge in [0.1, 0.15) is 41.4 Å². The van der Waals surface area contributed by atoms with Gasteiger partial charge in [-0.3, -0.25) is 24.4 Å². The van der Waals surface area contributed by atoms with Crippen LogP contribution in [-0.2, 0) is 19.1 Å². The highest BCUT2D eigenvalue weighted by atomic mass is 19.1. The lowest BCUT2D eigenvalue weighted by Crippen LogP contribution is -2.56. The maximum absolute atomic E-state index is 17.7. The van der Waals surface area contributed by atoms with Crippen molar-refractivity contribution in [1.29, 1.82) is 0 Å². The Morgan fingerprint density at radius 3 is 2.21 bits per heavy atom. The summed E-state index contributed by atoms with van der Waals surface area (Å²) in [4.78, 5) is 59.0. The minimum Gasteiger partial charge on any atom is -0.461 e. The highest BCUT2D eigenvalue weighted by Crippen LogP contribution is 2.43. The van der Waals surface area contributed by atoms with Crippen molar-refractivity contribution in [3.05, 3.63) is 47.7 Å². The molecule has 382 valence electrons. The van der Waals surface area contributed by atoms with Crippen LogP contribution in [0.4, 0.5) is 23.8 Å². The van der Waals surface area contributed by atoms with Crippen LogP contribution in [0, 0.1) is 24.0 Å². The molecule has 0 unspecified atom stereocenters. The zero-order valence-electron chi connectivity index (χ0n) is 41.5. The molecule has 2 aromatic heterocycles. The molecule has 4 aliphatic heterocycles. The van der Waals surface area contributed by atoms with Gasteiger partial charge in [-0.05, 0) is 68.7 Å². The summed E-state index contributed by atoms with van der Waals surface area (Å²) in [5, 5.41) is 0.888. The lowest BCUT2D eigenvalue weighted by Gasteiger charge is -2.41. The van der Waals surface area contributed by atoms with Crippen molar-refractivity contribution in [2.75, 3.05) is 44.5 Å². The number of anilines is 1. The number of carbonyl (C=O) groups excluding carboxylic acids is 3. The van der Waals surface area contributed by atoms with Gasteiger partial charge in [0.2, 0.25) is 6.79 Å². The van der Waals surface area contributed by atoms with Crippen molar-refractivity contribution in [2.45, 2.75) is 172 Å². The Morgan fingerprint density at radius 1 is 0.845 bits per heavy atom. The summed E-state index contributed by atoms with van der Waals surface area (Å²) in [6.07, 6.45) is 24.2. The molecule has 2 bridgehead atoms. The molecule has 4 fully saturated rings. The summed E-state index contributed by atoms with van der Waals surface area (Å²) in [6.45, 7) is 5.64. The molecule has 13 nitrogen and oxygen atoms in total. The number of ether oxygens (including phenoxy) is 4. The first-order chi connectivity index (χ1) is 34.5. The highest BCUT2D eigenvalue weighted by Gasteiger charge is 2.50. The van der Waals surface area contributed by atoms with Crippen molar-refractivity contribution >= 4 is 45.5 Å². The molecular weight excluding hydrogens is 914 g/mol. The number of esters is 2. The van der Waals surface area contributed by atoms with Crippen molar-refractivity contribution in [1.82, 2.24) is 24.8 Å². The van der Waals surface area contributed by atoms with E-state index in [1.54, 1.807) is 11.0 Å². The second kappa shape index (κ2) is 24.2. The molecule has 2 aromatic carbocycles. The Kier molecular flexibility index (Phi) is 17.6. The fourth-order valence-corrected chi connectivity index (χ4v) is 11.3. The van der Waals surface area contributed by atoms with Crippen LogP contribution in [0.1, 0.15) is 154 Å². The van der Waals surface area contributed by atoms with E-state index in [9.17, 15) is 18.8 Å². The van der Waals surface area contributed by atoms with Gasteiger partial charge in [0, 0.05) is 56.0 Å². The zero-order valence-corrected chi connectivity index (χ0v) is 41.5. The van der Waals surface area contributed by atoms with Gasteiger partial charge in [-0.1, -0.05) is 103 Å². The van der Waals surface area contributed by atoms with E-state index >= 15 is 8.78 Å². The number of alkyl halides is 1. The molecule has 4 aromatic rings.